The van der Waals surface area contributed by atoms with Crippen molar-refractivity contribution in [1.29, 1.82) is 0 Å². The minimum absolute atomic E-state index is 0.0954. The highest BCUT2D eigenvalue weighted by atomic mass is 35.5. The molecule has 1 spiro atoms. The summed E-state index contributed by atoms with van der Waals surface area (Å²) in [6, 6.07) is 0. The molecule has 2 fully saturated rings. The Hall–Kier alpha value is -0.380. The lowest BCUT2D eigenvalue weighted by Gasteiger charge is -2.27. The van der Waals surface area contributed by atoms with E-state index in [4.69, 9.17) is 11.6 Å². The molecule has 1 saturated heterocycles. The molecule has 2 rings (SSSR count). The molecule has 1 heterocycles. The van der Waals surface area contributed by atoms with E-state index in [2.05, 4.69) is 0 Å². The van der Waals surface area contributed by atoms with Crippen LogP contribution in [0, 0.1) is 16.7 Å². The maximum absolute atomic E-state index is 12.9. The van der Waals surface area contributed by atoms with Crippen LogP contribution < -0.4 is 0 Å². The van der Waals surface area contributed by atoms with E-state index in [1.54, 1.807) is 18.7 Å². The highest BCUT2D eigenvalue weighted by Crippen LogP contribution is 2.58. The molecule has 1 unspecified atom stereocenters. The second kappa shape index (κ2) is 4.08. The molecule has 98 valence electrons. The molecule has 2 aliphatic rings. The Balaban J connectivity index is 2.09. The molecule has 0 aromatic rings. The summed E-state index contributed by atoms with van der Waals surface area (Å²) in [5.41, 5.74) is -0.944. The summed E-state index contributed by atoms with van der Waals surface area (Å²) in [4.78, 5) is 13.8. The van der Waals surface area contributed by atoms with Gasteiger partial charge in [0, 0.05) is 24.9 Å². The van der Waals surface area contributed by atoms with E-state index in [0.29, 0.717) is 6.54 Å². The highest BCUT2D eigenvalue weighted by Gasteiger charge is 2.59. The van der Waals surface area contributed by atoms with Gasteiger partial charge in [-0.2, -0.15) is 0 Å². The average molecular weight is 266 g/mol. The van der Waals surface area contributed by atoms with Crippen molar-refractivity contribution in [2.24, 2.45) is 16.7 Å². The lowest BCUT2D eigenvalue weighted by atomic mass is 9.93. The van der Waals surface area contributed by atoms with E-state index in [1.165, 1.54) is 0 Å². The van der Waals surface area contributed by atoms with Crippen LogP contribution in [0.1, 0.15) is 26.7 Å². The summed E-state index contributed by atoms with van der Waals surface area (Å²) < 4.78 is 25.9. The van der Waals surface area contributed by atoms with E-state index in [0.717, 1.165) is 12.8 Å². The lowest BCUT2D eigenvalue weighted by molar-refractivity contribution is -0.138. The Morgan fingerprint density at radius 1 is 1.53 bits per heavy atom. The zero-order chi connectivity index (χ0) is 12.8. The van der Waals surface area contributed by atoms with Crippen LogP contribution in [-0.2, 0) is 4.79 Å². The molecule has 0 aromatic carbocycles. The van der Waals surface area contributed by atoms with E-state index in [1.807, 2.05) is 0 Å². The van der Waals surface area contributed by atoms with Gasteiger partial charge in [-0.25, -0.2) is 8.78 Å². The van der Waals surface area contributed by atoms with Gasteiger partial charge in [-0.1, -0.05) is 0 Å². The van der Waals surface area contributed by atoms with E-state index < -0.39 is 17.8 Å². The average Bonchev–Trinajstić information content (AvgIpc) is 2.90. The molecule has 0 bridgehead atoms. The molecule has 1 aliphatic heterocycles. The van der Waals surface area contributed by atoms with Crippen molar-refractivity contribution in [3.8, 4) is 0 Å². The van der Waals surface area contributed by atoms with Gasteiger partial charge in [-0.3, -0.25) is 4.79 Å². The zero-order valence-corrected chi connectivity index (χ0v) is 10.9. The number of hydrogen-bond donors (Lipinski definition) is 0. The standard InChI is InChI=1S/C12H18ClF2NO/c1-11(2,6-13)10(17)16-5-8(9(14)15)12(7-16)3-4-12/h8-9H,3-7H2,1-2H3. The fourth-order valence-electron chi connectivity index (χ4n) is 2.67. The summed E-state index contributed by atoms with van der Waals surface area (Å²) in [5, 5.41) is 0. The molecule has 1 atom stereocenters. The number of nitrogens with zero attached hydrogens (tertiary/aromatic N) is 1. The molecule has 2 nitrogen and oxygen atoms in total. The molecular formula is C12H18ClF2NO. The summed E-state index contributed by atoms with van der Waals surface area (Å²) in [6.07, 6.45) is -0.672. The van der Waals surface area contributed by atoms with Gasteiger partial charge >= 0.3 is 0 Å². The van der Waals surface area contributed by atoms with Crippen molar-refractivity contribution < 1.29 is 13.6 Å². The number of likely N-dealkylation sites (tertiary alicyclic amines) is 1. The Morgan fingerprint density at radius 2 is 2.12 bits per heavy atom. The van der Waals surface area contributed by atoms with Gasteiger partial charge in [-0.05, 0) is 32.1 Å². The Bertz CT molecular complexity index is 328. The molecule has 0 radical (unpaired) electrons. The predicted molar refractivity (Wildman–Crippen MR) is 62.2 cm³/mol. The first kappa shape index (κ1) is 13.1. The van der Waals surface area contributed by atoms with Crippen LogP contribution in [0.15, 0.2) is 0 Å². The summed E-state index contributed by atoms with van der Waals surface area (Å²) in [5.74, 6) is -0.520. The first-order valence-electron chi connectivity index (χ1n) is 5.96. The van der Waals surface area contributed by atoms with Gasteiger partial charge in [0.05, 0.1) is 5.41 Å². The smallest absolute Gasteiger partial charge is 0.243 e. The van der Waals surface area contributed by atoms with Crippen molar-refractivity contribution in [3.63, 3.8) is 0 Å². The van der Waals surface area contributed by atoms with Gasteiger partial charge < -0.3 is 4.90 Å². The molecule has 17 heavy (non-hydrogen) atoms. The third-order valence-corrected chi connectivity index (χ3v) is 4.77. The molecule has 1 amide bonds. The number of carbonyl (C=O) groups is 1. The van der Waals surface area contributed by atoms with E-state index in [9.17, 15) is 13.6 Å². The predicted octanol–water partition coefficient (Wildman–Crippen LogP) is 2.76. The largest absolute Gasteiger partial charge is 0.341 e. The first-order chi connectivity index (χ1) is 7.82. The van der Waals surface area contributed by atoms with Gasteiger partial charge in [-0.15, -0.1) is 11.6 Å². The lowest BCUT2D eigenvalue weighted by Crippen LogP contribution is -2.41. The van der Waals surface area contributed by atoms with Gasteiger partial charge in [0.25, 0.3) is 0 Å². The minimum Gasteiger partial charge on any atom is -0.341 e. The van der Waals surface area contributed by atoms with Gasteiger partial charge in [0.1, 0.15) is 0 Å². The summed E-state index contributed by atoms with van der Waals surface area (Å²) in [7, 11) is 0. The van der Waals surface area contributed by atoms with Crippen LogP contribution in [0.25, 0.3) is 0 Å². The van der Waals surface area contributed by atoms with Crippen LogP contribution in [0.5, 0.6) is 0 Å². The summed E-state index contributed by atoms with van der Waals surface area (Å²) >= 11 is 5.76. The maximum atomic E-state index is 12.9. The molecule has 1 saturated carbocycles. The minimum atomic E-state index is -2.32. The van der Waals surface area contributed by atoms with Crippen LogP contribution in [0.4, 0.5) is 8.78 Å². The molecule has 5 heteroatoms. The van der Waals surface area contributed by atoms with Crippen LogP contribution in [-0.4, -0.2) is 36.2 Å². The maximum Gasteiger partial charge on any atom is 0.243 e. The van der Waals surface area contributed by atoms with E-state index in [-0.39, 0.29) is 23.7 Å². The fraction of sp³-hybridized carbons (Fsp3) is 0.917. The highest BCUT2D eigenvalue weighted by molar-refractivity contribution is 6.19. The Labute approximate surface area is 105 Å². The zero-order valence-electron chi connectivity index (χ0n) is 10.2. The SMILES string of the molecule is CC(C)(CCl)C(=O)N1CC(C(F)F)C2(CC2)C1. The van der Waals surface area contributed by atoms with Crippen molar-refractivity contribution in [3.05, 3.63) is 0 Å². The number of halogens is 3. The first-order valence-corrected chi connectivity index (χ1v) is 6.49. The fourth-order valence-corrected chi connectivity index (χ4v) is 2.78. The monoisotopic (exact) mass is 265 g/mol. The topological polar surface area (TPSA) is 20.3 Å². The van der Waals surface area contributed by atoms with Gasteiger partial charge in [0.2, 0.25) is 12.3 Å². The number of rotatable bonds is 3. The van der Waals surface area contributed by atoms with Crippen LogP contribution in [0.3, 0.4) is 0 Å². The second-order valence-corrected chi connectivity index (χ2v) is 6.27. The van der Waals surface area contributed by atoms with Crippen molar-refractivity contribution >= 4 is 17.5 Å². The Morgan fingerprint density at radius 3 is 2.47 bits per heavy atom. The number of carbonyl (C=O) groups excluding carboxylic acids is 1. The third-order valence-electron chi connectivity index (χ3n) is 4.11. The molecule has 1 aliphatic carbocycles. The second-order valence-electron chi connectivity index (χ2n) is 6.01. The number of hydrogen-bond acceptors (Lipinski definition) is 1. The van der Waals surface area contributed by atoms with Gasteiger partial charge in [0.15, 0.2) is 0 Å². The third kappa shape index (κ3) is 2.16. The van der Waals surface area contributed by atoms with Crippen molar-refractivity contribution in [1.82, 2.24) is 4.90 Å². The Kier molecular flexibility index (Phi) is 3.13. The number of amides is 1. The van der Waals surface area contributed by atoms with Crippen LogP contribution >= 0.6 is 11.6 Å². The molecular weight excluding hydrogens is 248 g/mol. The van der Waals surface area contributed by atoms with E-state index >= 15 is 0 Å². The van der Waals surface area contributed by atoms with Crippen molar-refractivity contribution in [2.75, 3.05) is 19.0 Å². The molecule has 0 aromatic heterocycles. The normalized spacial score (nSPS) is 26.9. The quantitative estimate of drug-likeness (QED) is 0.719. The summed E-state index contributed by atoms with van der Waals surface area (Å²) in [6.45, 7) is 4.20. The number of alkyl halides is 3. The molecule has 0 N–H and O–H groups in total. The van der Waals surface area contributed by atoms with Crippen molar-refractivity contribution in [2.45, 2.75) is 33.1 Å². The van der Waals surface area contributed by atoms with Crippen LogP contribution in [0.2, 0.25) is 0 Å².